The molecule has 1 aromatic carbocycles. The van der Waals surface area contributed by atoms with Gasteiger partial charge in [-0.05, 0) is 25.1 Å². The van der Waals surface area contributed by atoms with Crippen molar-refractivity contribution in [1.29, 1.82) is 0 Å². The zero-order valence-electron chi connectivity index (χ0n) is 11.1. The van der Waals surface area contributed by atoms with E-state index in [4.69, 9.17) is 5.73 Å². The largest absolute Gasteiger partial charge is 0.399 e. The number of aryl methyl sites for hydroxylation is 1. The van der Waals surface area contributed by atoms with Crippen LogP contribution in [0.2, 0.25) is 0 Å². The van der Waals surface area contributed by atoms with E-state index in [-0.39, 0.29) is 0 Å². The molecule has 3 N–H and O–H groups in total. The third-order valence-corrected chi connectivity index (χ3v) is 3.82. The number of aromatic nitrogens is 3. The minimum atomic E-state index is 0.708. The minimum absolute atomic E-state index is 0.708. The van der Waals surface area contributed by atoms with Crippen molar-refractivity contribution in [3.63, 3.8) is 0 Å². The Labute approximate surface area is 120 Å². The molecule has 2 heterocycles. The quantitative estimate of drug-likeness (QED) is 0.721. The molecule has 20 heavy (non-hydrogen) atoms. The summed E-state index contributed by atoms with van der Waals surface area (Å²) >= 11 is 1.68. The highest BCUT2D eigenvalue weighted by molar-refractivity contribution is 7.09. The van der Waals surface area contributed by atoms with Crippen LogP contribution in [0.1, 0.15) is 10.7 Å². The Morgan fingerprint density at radius 1 is 1.30 bits per heavy atom. The summed E-state index contributed by atoms with van der Waals surface area (Å²) in [5.74, 6) is 0.835. The first kappa shape index (κ1) is 12.8. The molecule has 0 saturated heterocycles. The predicted octanol–water partition coefficient (Wildman–Crippen LogP) is 2.63. The molecule has 0 fully saturated rings. The molecule has 0 aliphatic carbocycles. The number of hydrogen-bond donors (Lipinski definition) is 2. The number of nitrogen functional groups attached to an aromatic ring is 1. The van der Waals surface area contributed by atoms with Crippen LogP contribution in [0.4, 0.5) is 11.5 Å². The molecule has 0 unspecified atom stereocenters. The molecule has 5 nitrogen and oxygen atoms in total. The van der Waals surface area contributed by atoms with Gasteiger partial charge in [0.2, 0.25) is 0 Å². The number of rotatable bonds is 4. The lowest BCUT2D eigenvalue weighted by Crippen LogP contribution is -2.07. The monoisotopic (exact) mass is 285 g/mol. The third-order valence-electron chi connectivity index (χ3n) is 3.00. The molecule has 0 spiro atoms. The van der Waals surface area contributed by atoms with Crippen LogP contribution < -0.4 is 11.1 Å². The Morgan fingerprint density at radius 2 is 2.20 bits per heavy atom. The fourth-order valence-corrected chi connectivity index (χ4v) is 2.69. The van der Waals surface area contributed by atoms with Crippen molar-refractivity contribution in [3.8, 4) is 0 Å². The molecule has 6 heteroatoms. The molecule has 0 saturated carbocycles. The molecule has 0 atom stereocenters. The first-order valence-corrected chi connectivity index (χ1v) is 7.25. The smallest absolute Gasteiger partial charge is 0.137 e. The Kier molecular flexibility index (Phi) is 3.47. The van der Waals surface area contributed by atoms with Crippen LogP contribution in [0.15, 0.2) is 29.9 Å². The summed E-state index contributed by atoms with van der Waals surface area (Å²) in [5.41, 5.74) is 8.44. The van der Waals surface area contributed by atoms with Crippen LogP contribution >= 0.6 is 11.3 Å². The van der Waals surface area contributed by atoms with Gasteiger partial charge in [0.15, 0.2) is 0 Å². The van der Waals surface area contributed by atoms with E-state index >= 15 is 0 Å². The summed E-state index contributed by atoms with van der Waals surface area (Å²) in [4.78, 5) is 13.0. The summed E-state index contributed by atoms with van der Waals surface area (Å²) in [6, 6.07) is 5.66. The minimum Gasteiger partial charge on any atom is -0.399 e. The lowest BCUT2D eigenvalue weighted by atomic mass is 10.2. The molecule has 0 bridgehead atoms. The van der Waals surface area contributed by atoms with Gasteiger partial charge in [-0.3, -0.25) is 0 Å². The van der Waals surface area contributed by atoms with Gasteiger partial charge in [0.05, 0.1) is 16.2 Å². The van der Waals surface area contributed by atoms with Gasteiger partial charge in [-0.15, -0.1) is 11.3 Å². The lowest BCUT2D eigenvalue weighted by Gasteiger charge is -2.07. The zero-order valence-corrected chi connectivity index (χ0v) is 11.9. The van der Waals surface area contributed by atoms with Gasteiger partial charge >= 0.3 is 0 Å². The van der Waals surface area contributed by atoms with Gasteiger partial charge in [0, 0.05) is 29.4 Å². The second-order valence-electron chi connectivity index (χ2n) is 4.53. The molecule has 3 aromatic rings. The highest BCUT2D eigenvalue weighted by Gasteiger charge is 2.04. The Bertz CT molecular complexity index is 737. The van der Waals surface area contributed by atoms with Crippen molar-refractivity contribution >= 4 is 33.7 Å². The lowest BCUT2D eigenvalue weighted by molar-refractivity contribution is 0.961. The van der Waals surface area contributed by atoms with E-state index in [1.165, 1.54) is 0 Å². The van der Waals surface area contributed by atoms with Crippen molar-refractivity contribution in [1.82, 2.24) is 15.0 Å². The number of anilines is 2. The van der Waals surface area contributed by atoms with E-state index < -0.39 is 0 Å². The standard InChI is InChI=1S/C14H15N5S/c1-9-19-11(7-20-9)4-5-16-14-12-3-2-10(15)6-13(12)17-8-18-14/h2-3,6-8H,4-5,15H2,1H3,(H,16,17,18). The summed E-state index contributed by atoms with van der Waals surface area (Å²) in [6.45, 7) is 2.81. The molecule has 0 aliphatic rings. The maximum atomic E-state index is 5.76. The van der Waals surface area contributed by atoms with Gasteiger partial charge in [-0.2, -0.15) is 0 Å². The second kappa shape index (κ2) is 5.42. The Hall–Kier alpha value is -2.21. The van der Waals surface area contributed by atoms with Crippen molar-refractivity contribution in [2.24, 2.45) is 0 Å². The zero-order chi connectivity index (χ0) is 13.9. The highest BCUT2D eigenvalue weighted by atomic mass is 32.1. The SMILES string of the molecule is Cc1nc(CCNc2ncnc3cc(N)ccc23)cs1. The van der Waals surface area contributed by atoms with E-state index in [0.29, 0.717) is 5.69 Å². The number of thiazole rings is 1. The van der Waals surface area contributed by atoms with Gasteiger partial charge < -0.3 is 11.1 Å². The summed E-state index contributed by atoms with van der Waals surface area (Å²) in [6.07, 6.45) is 2.43. The number of nitrogens with zero attached hydrogens (tertiary/aromatic N) is 3. The van der Waals surface area contributed by atoms with Gasteiger partial charge in [0.1, 0.15) is 12.1 Å². The normalized spacial score (nSPS) is 10.8. The molecule has 102 valence electrons. The van der Waals surface area contributed by atoms with Crippen molar-refractivity contribution in [2.75, 3.05) is 17.6 Å². The van der Waals surface area contributed by atoms with Crippen molar-refractivity contribution in [3.05, 3.63) is 40.6 Å². The third kappa shape index (κ3) is 2.70. The molecule has 3 rings (SSSR count). The first-order valence-electron chi connectivity index (χ1n) is 6.37. The predicted molar refractivity (Wildman–Crippen MR) is 83.0 cm³/mol. The molecular formula is C14H15N5S. The fraction of sp³-hybridized carbons (Fsp3) is 0.214. The van der Waals surface area contributed by atoms with Crippen LogP contribution in [0.5, 0.6) is 0 Å². The average Bonchev–Trinajstić information content (AvgIpc) is 2.84. The molecule has 0 amide bonds. The molecule has 2 aromatic heterocycles. The van der Waals surface area contributed by atoms with Gasteiger partial charge in [0.25, 0.3) is 0 Å². The fourth-order valence-electron chi connectivity index (χ4n) is 2.05. The number of hydrogen-bond acceptors (Lipinski definition) is 6. The summed E-state index contributed by atoms with van der Waals surface area (Å²) < 4.78 is 0. The van der Waals surface area contributed by atoms with E-state index in [1.807, 2.05) is 25.1 Å². The number of fused-ring (bicyclic) bond motifs is 1. The number of nitrogens with two attached hydrogens (primary N) is 1. The maximum Gasteiger partial charge on any atom is 0.137 e. The van der Waals surface area contributed by atoms with E-state index in [2.05, 4.69) is 25.6 Å². The topological polar surface area (TPSA) is 76.7 Å². The van der Waals surface area contributed by atoms with Crippen LogP contribution in [0.3, 0.4) is 0 Å². The van der Waals surface area contributed by atoms with Crippen molar-refractivity contribution in [2.45, 2.75) is 13.3 Å². The van der Waals surface area contributed by atoms with Crippen LogP contribution in [0.25, 0.3) is 10.9 Å². The summed E-state index contributed by atoms with van der Waals surface area (Å²) in [5, 5.41) is 7.51. The average molecular weight is 285 g/mol. The highest BCUT2D eigenvalue weighted by Crippen LogP contribution is 2.21. The Balaban J connectivity index is 1.74. The van der Waals surface area contributed by atoms with E-state index in [0.717, 1.165) is 40.4 Å². The maximum absolute atomic E-state index is 5.76. The molecular weight excluding hydrogens is 270 g/mol. The van der Waals surface area contributed by atoms with E-state index in [9.17, 15) is 0 Å². The first-order chi connectivity index (χ1) is 9.72. The van der Waals surface area contributed by atoms with Gasteiger partial charge in [-0.1, -0.05) is 0 Å². The van der Waals surface area contributed by atoms with Crippen LogP contribution in [-0.4, -0.2) is 21.5 Å². The van der Waals surface area contributed by atoms with Gasteiger partial charge in [-0.25, -0.2) is 15.0 Å². The Morgan fingerprint density at radius 3 is 3.00 bits per heavy atom. The van der Waals surface area contributed by atoms with Crippen LogP contribution in [0, 0.1) is 6.92 Å². The van der Waals surface area contributed by atoms with Crippen molar-refractivity contribution < 1.29 is 0 Å². The number of nitrogens with one attached hydrogen (secondary N) is 1. The summed E-state index contributed by atoms with van der Waals surface area (Å²) in [7, 11) is 0. The molecule has 0 aliphatic heterocycles. The van der Waals surface area contributed by atoms with E-state index in [1.54, 1.807) is 17.7 Å². The molecule has 0 radical (unpaired) electrons. The van der Waals surface area contributed by atoms with Crippen LogP contribution in [-0.2, 0) is 6.42 Å². The second-order valence-corrected chi connectivity index (χ2v) is 5.60. The number of benzene rings is 1.